The van der Waals surface area contributed by atoms with Gasteiger partial charge in [0.15, 0.2) is 0 Å². The van der Waals surface area contributed by atoms with Gasteiger partial charge in [0, 0.05) is 22.5 Å². The fourth-order valence-corrected chi connectivity index (χ4v) is 4.78. The van der Waals surface area contributed by atoms with Crippen LogP contribution in [0.25, 0.3) is 22.6 Å². The predicted octanol–water partition coefficient (Wildman–Crippen LogP) is 7.97. The van der Waals surface area contributed by atoms with Gasteiger partial charge in [0.05, 0.1) is 17.1 Å². The van der Waals surface area contributed by atoms with E-state index in [0.717, 1.165) is 51.3 Å². The van der Waals surface area contributed by atoms with Gasteiger partial charge >= 0.3 is 6.36 Å². The molecule has 0 spiro atoms. The number of aryl methyl sites for hydroxylation is 3. The van der Waals surface area contributed by atoms with Crippen molar-refractivity contribution in [2.45, 2.75) is 33.1 Å². The summed E-state index contributed by atoms with van der Waals surface area (Å²) in [5, 5.41) is 11.8. The molecule has 10 heteroatoms. The Labute approximate surface area is 228 Å². The van der Waals surface area contributed by atoms with Crippen molar-refractivity contribution in [1.29, 1.82) is 0 Å². The molecule has 1 aliphatic carbocycles. The minimum atomic E-state index is -4.73. The van der Waals surface area contributed by atoms with Crippen molar-refractivity contribution in [2.75, 3.05) is 5.32 Å². The highest BCUT2D eigenvalue weighted by Crippen LogP contribution is 2.35. The maximum Gasteiger partial charge on any atom is 0.573 e. The molecule has 3 aromatic carbocycles. The molecule has 39 heavy (non-hydrogen) atoms. The van der Waals surface area contributed by atoms with Crippen LogP contribution in [0.5, 0.6) is 5.75 Å². The quantitative estimate of drug-likeness (QED) is 0.203. The van der Waals surface area contributed by atoms with Crippen molar-refractivity contribution in [1.82, 2.24) is 9.55 Å². The number of nitrogens with zero attached hydrogens (tertiary/aromatic N) is 4. The first-order chi connectivity index (χ1) is 18.6. The molecule has 0 atom stereocenters. The number of rotatable bonds is 5. The average molecular weight is 548 g/mol. The van der Waals surface area contributed by atoms with Crippen LogP contribution in [0.15, 0.2) is 83.8 Å². The van der Waals surface area contributed by atoms with Crippen LogP contribution in [0.2, 0.25) is 0 Å². The molecule has 0 unspecified atom stereocenters. The first kappa shape index (κ1) is 26.3. The lowest BCUT2D eigenvalue weighted by Gasteiger charge is -2.19. The average Bonchev–Trinajstić information content (AvgIpc) is 3.33. The third kappa shape index (κ3) is 5.75. The molecular formula is C29H24F3N5OS. The van der Waals surface area contributed by atoms with E-state index >= 15 is 0 Å². The molecule has 5 rings (SSSR count). The van der Waals surface area contributed by atoms with Crippen LogP contribution in [0, 0.1) is 13.8 Å². The van der Waals surface area contributed by atoms with Gasteiger partial charge in [-0.25, -0.2) is 4.98 Å². The lowest BCUT2D eigenvalue weighted by atomic mass is 9.90. The maximum absolute atomic E-state index is 12.5. The minimum Gasteiger partial charge on any atom is -0.406 e. The van der Waals surface area contributed by atoms with Gasteiger partial charge in [-0.3, -0.25) is 0 Å². The molecule has 0 amide bonds. The monoisotopic (exact) mass is 547 g/mol. The molecule has 0 bridgehead atoms. The van der Waals surface area contributed by atoms with Crippen LogP contribution < -0.4 is 10.1 Å². The molecule has 1 heterocycles. The summed E-state index contributed by atoms with van der Waals surface area (Å²) in [5.41, 5.74) is 8.99. The van der Waals surface area contributed by atoms with Gasteiger partial charge in [-0.1, -0.05) is 36.9 Å². The molecule has 0 aliphatic heterocycles. The predicted molar refractivity (Wildman–Crippen MR) is 149 cm³/mol. The highest BCUT2D eigenvalue weighted by atomic mass is 32.1. The van der Waals surface area contributed by atoms with E-state index in [1.165, 1.54) is 12.1 Å². The summed E-state index contributed by atoms with van der Waals surface area (Å²) in [6.45, 7) is 8.05. The Balaban J connectivity index is 1.31. The second kappa shape index (κ2) is 10.5. The molecule has 6 nitrogen and oxygen atoms in total. The second-order valence-corrected chi connectivity index (χ2v) is 9.55. The van der Waals surface area contributed by atoms with Crippen LogP contribution in [0.1, 0.15) is 27.9 Å². The van der Waals surface area contributed by atoms with E-state index in [1.807, 2.05) is 54.8 Å². The van der Waals surface area contributed by atoms with Crippen LogP contribution >= 0.6 is 12.2 Å². The summed E-state index contributed by atoms with van der Waals surface area (Å²) in [4.78, 5) is 4.61. The van der Waals surface area contributed by atoms with Crippen molar-refractivity contribution >= 4 is 28.7 Å². The Morgan fingerprint density at radius 2 is 1.74 bits per heavy atom. The lowest BCUT2D eigenvalue weighted by molar-refractivity contribution is -0.274. The van der Waals surface area contributed by atoms with E-state index in [9.17, 15) is 13.2 Å². The molecule has 1 aromatic heterocycles. The van der Waals surface area contributed by atoms with E-state index in [-0.39, 0.29) is 10.9 Å². The molecule has 0 fully saturated rings. The lowest BCUT2D eigenvalue weighted by Crippen LogP contribution is -2.17. The van der Waals surface area contributed by atoms with Crippen molar-refractivity contribution in [2.24, 2.45) is 10.2 Å². The van der Waals surface area contributed by atoms with Crippen molar-refractivity contribution in [3.8, 4) is 22.7 Å². The summed E-state index contributed by atoms with van der Waals surface area (Å²) in [6, 6.07) is 17.7. The van der Waals surface area contributed by atoms with E-state index in [1.54, 1.807) is 18.5 Å². The largest absolute Gasteiger partial charge is 0.573 e. The van der Waals surface area contributed by atoms with Crippen LogP contribution in [-0.2, 0) is 12.8 Å². The van der Waals surface area contributed by atoms with Crippen LogP contribution in [0.4, 0.5) is 18.9 Å². The molecule has 1 N–H and O–H groups in total. The molecular weight excluding hydrogens is 523 g/mol. The normalized spacial score (nSPS) is 12.6. The van der Waals surface area contributed by atoms with Gasteiger partial charge in [0.2, 0.25) is 5.11 Å². The molecule has 4 aromatic rings. The Morgan fingerprint density at radius 3 is 2.44 bits per heavy atom. The fourth-order valence-electron chi connectivity index (χ4n) is 4.64. The highest BCUT2D eigenvalue weighted by Gasteiger charge is 2.31. The Morgan fingerprint density at radius 1 is 1.03 bits per heavy atom. The van der Waals surface area contributed by atoms with Gasteiger partial charge in [0.25, 0.3) is 0 Å². The second-order valence-electron chi connectivity index (χ2n) is 9.17. The number of thiocarbonyl (C=S) groups is 1. The standard InChI is InChI=1S/C29H24F3N5OS/c1-17-5-4-6-18(2)26(17)34-28(39)36-35-19(3)20-7-13-24-21(15-20)8-14-25-27(24)33-16-37(25)22-9-11-23(12-10-22)38-29(30,31)32/h4-7,9-13,15-16H,3,8,14H2,1-2H3,(H,34,39). The zero-order chi connectivity index (χ0) is 27.7. The third-order valence-corrected chi connectivity index (χ3v) is 6.70. The number of fused-ring (bicyclic) bond motifs is 3. The number of aromatic nitrogens is 2. The number of ether oxygens (including phenoxy) is 1. The number of para-hydroxylation sites is 1. The maximum atomic E-state index is 12.5. The third-order valence-electron chi connectivity index (χ3n) is 6.51. The van der Waals surface area contributed by atoms with E-state index in [4.69, 9.17) is 12.2 Å². The number of hydrogen-bond donors (Lipinski definition) is 1. The van der Waals surface area contributed by atoms with Crippen molar-refractivity contribution in [3.63, 3.8) is 0 Å². The number of alkyl halides is 3. The van der Waals surface area contributed by atoms with E-state index < -0.39 is 6.36 Å². The number of imidazole rings is 1. The molecule has 0 saturated carbocycles. The van der Waals surface area contributed by atoms with Gasteiger partial charge in [-0.15, -0.1) is 23.4 Å². The Kier molecular flexibility index (Phi) is 7.05. The molecule has 198 valence electrons. The first-order valence-electron chi connectivity index (χ1n) is 12.1. The smallest absolute Gasteiger partial charge is 0.406 e. The summed E-state index contributed by atoms with van der Waals surface area (Å²) in [6.07, 6.45) is -1.57. The molecule has 0 saturated heterocycles. The van der Waals surface area contributed by atoms with Crippen molar-refractivity contribution < 1.29 is 17.9 Å². The number of nitrogens with one attached hydrogen (secondary N) is 1. The highest BCUT2D eigenvalue weighted by molar-refractivity contribution is 7.80. The summed E-state index contributed by atoms with van der Waals surface area (Å²) in [5.74, 6) is -0.266. The van der Waals surface area contributed by atoms with Crippen LogP contribution in [-0.4, -0.2) is 21.0 Å². The number of anilines is 1. The topological polar surface area (TPSA) is 63.8 Å². The zero-order valence-electron chi connectivity index (χ0n) is 21.2. The van der Waals surface area contributed by atoms with Gasteiger partial charge in [-0.05, 0) is 85.9 Å². The van der Waals surface area contributed by atoms with Crippen molar-refractivity contribution in [3.05, 3.63) is 102 Å². The Hall–Kier alpha value is -4.31. The van der Waals surface area contributed by atoms with E-state index in [2.05, 4.69) is 31.8 Å². The number of halogens is 3. The van der Waals surface area contributed by atoms with Gasteiger partial charge in [-0.2, -0.15) is 0 Å². The number of hydrogen-bond acceptors (Lipinski definition) is 4. The van der Waals surface area contributed by atoms with E-state index in [0.29, 0.717) is 17.8 Å². The zero-order valence-corrected chi connectivity index (χ0v) is 22.0. The molecule has 0 radical (unpaired) electrons. The van der Waals surface area contributed by atoms with Gasteiger partial charge in [0.1, 0.15) is 12.1 Å². The van der Waals surface area contributed by atoms with Gasteiger partial charge < -0.3 is 14.6 Å². The molecule has 1 aliphatic rings. The fraction of sp³-hybridized carbons (Fsp3) is 0.172. The first-order valence-corrected chi connectivity index (χ1v) is 12.5. The summed E-state index contributed by atoms with van der Waals surface area (Å²) >= 11 is 5.36. The summed E-state index contributed by atoms with van der Waals surface area (Å²) in [7, 11) is 0. The summed E-state index contributed by atoms with van der Waals surface area (Å²) < 4.78 is 43.3. The SMILES string of the molecule is C=C(N=NC(=S)Nc1c(C)cccc1C)c1ccc2c(c1)CCc1c-2ncn1-c1ccc(OC(F)(F)F)cc1. The minimum absolute atomic E-state index is 0.250. The number of azo groups is 1. The number of benzene rings is 3. The Bertz CT molecular complexity index is 1590. The van der Waals surface area contributed by atoms with Crippen LogP contribution in [0.3, 0.4) is 0 Å².